The van der Waals surface area contributed by atoms with E-state index in [0.29, 0.717) is 0 Å². The van der Waals surface area contributed by atoms with Gasteiger partial charge in [0.05, 0.1) is 25.9 Å². The zero-order valence-electron chi connectivity index (χ0n) is 17.6. The van der Waals surface area contributed by atoms with Crippen molar-refractivity contribution in [2.45, 2.75) is 92.4 Å². The molecule has 0 aromatic carbocycles. The second kappa shape index (κ2) is 10.6. The molecule has 15 nitrogen and oxygen atoms in total. The van der Waals surface area contributed by atoms with E-state index >= 15 is 0 Å². The summed E-state index contributed by atoms with van der Waals surface area (Å²) in [7, 11) is 0. The summed E-state index contributed by atoms with van der Waals surface area (Å²) >= 11 is 0. The van der Waals surface area contributed by atoms with Crippen molar-refractivity contribution < 1.29 is 74.7 Å². The van der Waals surface area contributed by atoms with Crippen molar-refractivity contribution in [1.29, 1.82) is 0 Å². The highest BCUT2D eigenvalue weighted by atomic mass is 16.8. The molecule has 3 rings (SSSR count). The molecular formula is C18H32O15. The summed E-state index contributed by atoms with van der Waals surface area (Å²) in [5.74, 6) is -2.42. The Labute approximate surface area is 187 Å². The van der Waals surface area contributed by atoms with Gasteiger partial charge in [0.15, 0.2) is 12.6 Å². The molecule has 0 radical (unpaired) electrons. The first kappa shape index (κ1) is 27.0. The summed E-state index contributed by atoms with van der Waals surface area (Å²) < 4.78 is 26.5. The number of hydrogen-bond donors (Lipinski definition) is 10. The SMILES string of the molecule is C[C@@H]1O[C@@H](O[C@H]2[C@H](O)[C@@H](O)[C@H](O[C@@H]3CO[C@@](O)(CO)[C@@H](O)[C@H]3O)O[C@@H]2CO)[C@@H](O)[C@H](O)[C@@H]1O. The molecule has 0 bridgehead atoms. The molecule has 10 N–H and O–H groups in total. The van der Waals surface area contributed by atoms with Crippen molar-refractivity contribution in [3.05, 3.63) is 0 Å². The van der Waals surface area contributed by atoms with Gasteiger partial charge in [0, 0.05) is 0 Å². The first-order chi connectivity index (χ1) is 15.4. The Balaban J connectivity index is 1.67. The summed E-state index contributed by atoms with van der Waals surface area (Å²) in [4.78, 5) is 0. The highest BCUT2D eigenvalue weighted by Crippen LogP contribution is 2.32. The standard InChI is InChI=1S/C18H32O15/c1-5-8(21)10(23)12(25)16(30-5)33-14-6(2-19)31-17(13(26)11(14)24)32-7-3-29-18(28,4-20)15(27)9(7)22/h5-17,19-28H,2-4H2,1H3/t5-,6+,7+,8+,9-,10+,11+,12-,13+,14+,15-,16-,17-,18-/m0/s1. The fourth-order valence-corrected chi connectivity index (χ4v) is 3.93. The Morgan fingerprint density at radius 3 is 2.00 bits per heavy atom. The van der Waals surface area contributed by atoms with Crippen molar-refractivity contribution >= 4 is 0 Å². The molecule has 0 saturated carbocycles. The lowest BCUT2D eigenvalue weighted by Gasteiger charge is -2.47. The molecule has 3 fully saturated rings. The van der Waals surface area contributed by atoms with E-state index in [2.05, 4.69) is 0 Å². The Bertz CT molecular complexity index is 638. The van der Waals surface area contributed by atoms with Crippen LogP contribution in [0.5, 0.6) is 0 Å². The average Bonchev–Trinajstić information content (AvgIpc) is 2.80. The topological polar surface area (TPSA) is 248 Å². The van der Waals surface area contributed by atoms with E-state index < -0.39 is 105 Å². The Hall–Kier alpha value is -0.600. The fraction of sp³-hybridized carbons (Fsp3) is 1.00. The minimum absolute atomic E-state index is 0.526. The number of aliphatic hydroxyl groups excluding tert-OH is 9. The number of rotatable bonds is 6. The summed E-state index contributed by atoms with van der Waals surface area (Å²) in [5, 5.41) is 99.8. The third-order valence-corrected chi connectivity index (χ3v) is 6.12. The second-order valence-electron chi connectivity index (χ2n) is 8.41. The van der Waals surface area contributed by atoms with Crippen molar-refractivity contribution in [2.24, 2.45) is 0 Å². The van der Waals surface area contributed by atoms with Crippen LogP contribution in [-0.4, -0.2) is 156 Å². The molecule has 0 aromatic heterocycles. The molecule has 0 aliphatic carbocycles. The van der Waals surface area contributed by atoms with Crippen LogP contribution >= 0.6 is 0 Å². The largest absolute Gasteiger partial charge is 0.394 e. The van der Waals surface area contributed by atoms with E-state index in [-0.39, 0.29) is 0 Å². The third kappa shape index (κ3) is 5.18. The lowest BCUT2D eigenvalue weighted by molar-refractivity contribution is -0.381. The smallest absolute Gasteiger partial charge is 0.218 e. The van der Waals surface area contributed by atoms with Gasteiger partial charge in [-0.25, -0.2) is 0 Å². The number of ether oxygens (including phenoxy) is 5. The van der Waals surface area contributed by atoms with Crippen LogP contribution in [0, 0.1) is 0 Å². The molecule has 0 amide bonds. The average molecular weight is 488 g/mol. The molecule has 194 valence electrons. The fourth-order valence-electron chi connectivity index (χ4n) is 3.93. The Morgan fingerprint density at radius 1 is 0.788 bits per heavy atom. The second-order valence-corrected chi connectivity index (χ2v) is 8.41. The molecule has 3 heterocycles. The third-order valence-electron chi connectivity index (χ3n) is 6.12. The highest BCUT2D eigenvalue weighted by Gasteiger charge is 2.53. The molecule has 0 spiro atoms. The predicted octanol–water partition coefficient (Wildman–Crippen LogP) is -6.54. The van der Waals surface area contributed by atoms with Crippen LogP contribution in [0.25, 0.3) is 0 Å². The lowest BCUT2D eigenvalue weighted by atomic mass is 9.96. The minimum Gasteiger partial charge on any atom is -0.394 e. The van der Waals surface area contributed by atoms with Crippen LogP contribution < -0.4 is 0 Å². The van der Waals surface area contributed by atoms with E-state index in [1.165, 1.54) is 6.92 Å². The van der Waals surface area contributed by atoms with E-state index in [1.807, 2.05) is 0 Å². The van der Waals surface area contributed by atoms with Crippen LogP contribution in [0.1, 0.15) is 6.92 Å². The minimum atomic E-state index is -2.42. The van der Waals surface area contributed by atoms with Gasteiger partial charge in [0.2, 0.25) is 5.79 Å². The summed E-state index contributed by atoms with van der Waals surface area (Å²) in [6.45, 7) is -0.878. The summed E-state index contributed by atoms with van der Waals surface area (Å²) in [6.07, 6.45) is -20.4. The molecule has 0 unspecified atom stereocenters. The van der Waals surface area contributed by atoms with Gasteiger partial charge < -0.3 is 74.7 Å². The van der Waals surface area contributed by atoms with Crippen molar-refractivity contribution in [2.75, 3.05) is 19.8 Å². The molecule has 3 aliphatic heterocycles. The molecule has 3 aliphatic rings. The van der Waals surface area contributed by atoms with E-state index in [4.69, 9.17) is 28.8 Å². The van der Waals surface area contributed by atoms with Gasteiger partial charge in [-0.05, 0) is 6.92 Å². The van der Waals surface area contributed by atoms with Gasteiger partial charge in [-0.2, -0.15) is 0 Å². The van der Waals surface area contributed by atoms with Crippen LogP contribution in [-0.2, 0) is 23.7 Å². The van der Waals surface area contributed by atoms with Gasteiger partial charge >= 0.3 is 0 Å². The van der Waals surface area contributed by atoms with Crippen LogP contribution in [0.2, 0.25) is 0 Å². The van der Waals surface area contributed by atoms with E-state index in [9.17, 15) is 46.0 Å². The van der Waals surface area contributed by atoms with Gasteiger partial charge in [-0.1, -0.05) is 0 Å². The lowest BCUT2D eigenvalue weighted by Crippen LogP contribution is -2.66. The van der Waals surface area contributed by atoms with Crippen molar-refractivity contribution in [3.8, 4) is 0 Å². The zero-order valence-corrected chi connectivity index (χ0v) is 17.6. The maximum Gasteiger partial charge on any atom is 0.218 e. The molecule has 14 atom stereocenters. The van der Waals surface area contributed by atoms with Crippen molar-refractivity contribution in [1.82, 2.24) is 0 Å². The summed E-state index contributed by atoms with van der Waals surface area (Å²) in [6, 6.07) is 0. The van der Waals surface area contributed by atoms with Gasteiger partial charge in [0.1, 0.15) is 61.0 Å². The van der Waals surface area contributed by atoms with E-state index in [0.717, 1.165) is 0 Å². The van der Waals surface area contributed by atoms with Gasteiger partial charge in [0.25, 0.3) is 0 Å². The molecule has 33 heavy (non-hydrogen) atoms. The highest BCUT2D eigenvalue weighted by molar-refractivity contribution is 4.96. The van der Waals surface area contributed by atoms with Crippen LogP contribution in [0.4, 0.5) is 0 Å². The number of aliphatic hydroxyl groups is 10. The molecular weight excluding hydrogens is 456 g/mol. The molecule has 3 saturated heterocycles. The normalized spacial score (nSPS) is 53.7. The zero-order chi connectivity index (χ0) is 24.7. The van der Waals surface area contributed by atoms with Crippen LogP contribution in [0.3, 0.4) is 0 Å². The van der Waals surface area contributed by atoms with E-state index in [1.54, 1.807) is 0 Å². The Morgan fingerprint density at radius 2 is 1.39 bits per heavy atom. The van der Waals surface area contributed by atoms with Crippen LogP contribution in [0.15, 0.2) is 0 Å². The maximum absolute atomic E-state index is 10.6. The maximum atomic E-state index is 10.6. The Kier molecular flexibility index (Phi) is 8.65. The van der Waals surface area contributed by atoms with Crippen molar-refractivity contribution in [3.63, 3.8) is 0 Å². The number of hydrogen-bond acceptors (Lipinski definition) is 15. The monoisotopic (exact) mass is 488 g/mol. The first-order valence-electron chi connectivity index (χ1n) is 10.4. The molecule has 0 aromatic rings. The quantitative estimate of drug-likeness (QED) is 0.167. The predicted molar refractivity (Wildman–Crippen MR) is 99.9 cm³/mol. The van der Waals surface area contributed by atoms with Gasteiger partial charge in [-0.3, -0.25) is 0 Å². The summed E-state index contributed by atoms with van der Waals surface area (Å²) in [5.41, 5.74) is 0. The first-order valence-corrected chi connectivity index (χ1v) is 10.4. The molecule has 15 heteroatoms. The van der Waals surface area contributed by atoms with Gasteiger partial charge in [-0.15, -0.1) is 0 Å².